The smallest absolute Gasteiger partial charge is 0.324 e. The van der Waals surface area contributed by atoms with Crippen LogP contribution in [-0.4, -0.2) is 40.3 Å². The number of aromatic amines is 1. The van der Waals surface area contributed by atoms with Crippen LogP contribution in [0.1, 0.15) is 44.0 Å². The summed E-state index contributed by atoms with van der Waals surface area (Å²) in [5.41, 5.74) is 5.43. The lowest BCUT2D eigenvalue weighted by Crippen LogP contribution is -2.48. The van der Waals surface area contributed by atoms with Crippen molar-refractivity contribution in [2.75, 3.05) is 19.6 Å². The minimum Gasteiger partial charge on any atom is -0.324 e. The van der Waals surface area contributed by atoms with Crippen LogP contribution in [0.25, 0.3) is 0 Å². The molecular weight excluding hydrogens is 305 g/mol. The molecule has 0 bridgehead atoms. The number of hydrogen-bond donors (Lipinski definition) is 2. The molecule has 0 radical (unpaired) electrons. The van der Waals surface area contributed by atoms with E-state index >= 15 is 0 Å². The Hall–Kier alpha value is -0.790. The molecule has 0 saturated carbocycles. The third kappa shape index (κ3) is 5.16. The zero-order valence-corrected chi connectivity index (χ0v) is 13.0. The summed E-state index contributed by atoms with van der Waals surface area (Å²) in [5.74, 6) is 0.0645. The van der Waals surface area contributed by atoms with Gasteiger partial charge >= 0.3 is 6.18 Å². The molecule has 1 fully saturated rings. The zero-order valence-electron chi connectivity index (χ0n) is 12.2. The lowest BCUT2D eigenvalue weighted by Gasteiger charge is -2.36. The quantitative estimate of drug-likeness (QED) is 0.898. The number of nitrogens with one attached hydrogen (secondary N) is 1. The van der Waals surface area contributed by atoms with Crippen molar-refractivity contribution in [1.29, 1.82) is 0 Å². The van der Waals surface area contributed by atoms with Crippen LogP contribution in [0.3, 0.4) is 0 Å². The van der Waals surface area contributed by atoms with Gasteiger partial charge in [-0.1, -0.05) is 0 Å². The molecule has 122 valence electrons. The molecule has 1 aromatic rings. The van der Waals surface area contributed by atoms with E-state index in [2.05, 4.69) is 15.1 Å². The number of alkyl halides is 3. The summed E-state index contributed by atoms with van der Waals surface area (Å²) in [4.78, 5) is 2.21. The molecule has 1 aromatic heterocycles. The summed E-state index contributed by atoms with van der Waals surface area (Å²) in [6.45, 7) is 6.31. The monoisotopic (exact) mass is 326 g/mol. The molecule has 21 heavy (non-hydrogen) atoms. The fourth-order valence-electron chi connectivity index (χ4n) is 2.72. The summed E-state index contributed by atoms with van der Waals surface area (Å²) >= 11 is 0. The maximum absolute atomic E-state index is 12.6. The molecule has 4 nitrogen and oxygen atoms in total. The molecule has 2 rings (SSSR count). The first-order chi connectivity index (χ1) is 9.15. The number of nitrogens with two attached hydrogens (primary N) is 1. The van der Waals surface area contributed by atoms with Crippen LogP contribution in [0.2, 0.25) is 0 Å². The van der Waals surface area contributed by atoms with E-state index in [9.17, 15) is 13.2 Å². The third-order valence-corrected chi connectivity index (χ3v) is 3.46. The van der Waals surface area contributed by atoms with Gasteiger partial charge in [-0.2, -0.15) is 18.3 Å². The lowest BCUT2D eigenvalue weighted by atomic mass is 9.93. The number of halogens is 4. The van der Waals surface area contributed by atoms with Crippen molar-refractivity contribution < 1.29 is 13.2 Å². The fraction of sp³-hybridized carbons (Fsp3) is 0.769. The predicted molar refractivity (Wildman–Crippen MR) is 77.5 cm³/mol. The second-order valence-corrected chi connectivity index (χ2v) is 6.27. The van der Waals surface area contributed by atoms with E-state index in [1.807, 2.05) is 13.8 Å². The van der Waals surface area contributed by atoms with E-state index in [0.29, 0.717) is 5.69 Å². The number of aromatic nitrogens is 2. The van der Waals surface area contributed by atoms with Crippen molar-refractivity contribution in [1.82, 2.24) is 15.1 Å². The van der Waals surface area contributed by atoms with Crippen molar-refractivity contribution in [2.24, 2.45) is 5.73 Å². The maximum atomic E-state index is 12.6. The van der Waals surface area contributed by atoms with Crippen molar-refractivity contribution in [3.8, 4) is 0 Å². The highest BCUT2D eigenvalue weighted by atomic mass is 35.5. The van der Waals surface area contributed by atoms with Crippen molar-refractivity contribution in [2.45, 2.75) is 44.3 Å². The molecule has 3 N–H and O–H groups in total. The standard InChI is InChI=1S/C13H21F3N4.ClH/c1-12(2,17)8-20-5-3-4-9(7-20)10-6-11(19-18-10)13(14,15)16;/h6,9H,3-5,7-8,17H2,1-2H3,(H,18,19);1H. The second-order valence-electron chi connectivity index (χ2n) is 6.27. The summed E-state index contributed by atoms with van der Waals surface area (Å²) in [6.07, 6.45) is -2.55. The van der Waals surface area contributed by atoms with Crippen LogP contribution in [-0.2, 0) is 6.18 Å². The van der Waals surface area contributed by atoms with E-state index in [4.69, 9.17) is 5.73 Å². The van der Waals surface area contributed by atoms with Gasteiger partial charge in [-0.05, 0) is 39.3 Å². The van der Waals surface area contributed by atoms with Gasteiger partial charge in [0.1, 0.15) is 0 Å². The van der Waals surface area contributed by atoms with E-state index in [1.165, 1.54) is 0 Å². The summed E-state index contributed by atoms with van der Waals surface area (Å²) < 4.78 is 37.7. The SMILES string of the molecule is CC(C)(N)CN1CCCC(c2cc(C(F)(F)F)n[nH]2)C1.Cl. The molecule has 1 saturated heterocycles. The van der Waals surface area contributed by atoms with Crippen LogP contribution in [0, 0.1) is 0 Å². The predicted octanol–water partition coefficient (Wildman–Crippen LogP) is 2.77. The number of H-pyrrole nitrogens is 1. The zero-order chi connectivity index (χ0) is 15.0. The van der Waals surface area contributed by atoms with E-state index in [-0.39, 0.29) is 23.9 Å². The van der Waals surface area contributed by atoms with Crippen molar-refractivity contribution in [3.63, 3.8) is 0 Å². The van der Waals surface area contributed by atoms with Crippen molar-refractivity contribution >= 4 is 12.4 Å². The minimum absolute atomic E-state index is 0. The molecule has 1 aliphatic heterocycles. The molecule has 0 amide bonds. The average Bonchev–Trinajstić information content (AvgIpc) is 2.75. The van der Waals surface area contributed by atoms with Crippen LogP contribution < -0.4 is 5.73 Å². The highest BCUT2D eigenvalue weighted by Gasteiger charge is 2.35. The van der Waals surface area contributed by atoms with E-state index in [1.54, 1.807) is 0 Å². The van der Waals surface area contributed by atoms with Gasteiger partial charge in [-0.15, -0.1) is 12.4 Å². The van der Waals surface area contributed by atoms with E-state index in [0.717, 1.165) is 38.5 Å². The Balaban J connectivity index is 0.00000220. The second kappa shape index (κ2) is 6.54. The topological polar surface area (TPSA) is 57.9 Å². The van der Waals surface area contributed by atoms with Gasteiger partial charge in [0.15, 0.2) is 5.69 Å². The van der Waals surface area contributed by atoms with Gasteiger partial charge in [0.05, 0.1) is 0 Å². The highest BCUT2D eigenvalue weighted by molar-refractivity contribution is 5.85. The number of likely N-dealkylation sites (tertiary alicyclic amines) is 1. The third-order valence-electron chi connectivity index (χ3n) is 3.46. The Morgan fingerprint density at radius 2 is 2.10 bits per heavy atom. The van der Waals surface area contributed by atoms with Gasteiger partial charge in [-0.25, -0.2) is 0 Å². The van der Waals surface area contributed by atoms with Crippen LogP contribution in [0.5, 0.6) is 0 Å². The highest BCUT2D eigenvalue weighted by Crippen LogP contribution is 2.32. The first-order valence-electron chi connectivity index (χ1n) is 6.79. The Kier molecular flexibility index (Phi) is 5.69. The molecule has 0 spiro atoms. The van der Waals surface area contributed by atoms with Gasteiger partial charge in [0.25, 0.3) is 0 Å². The molecule has 0 aromatic carbocycles. The summed E-state index contributed by atoms with van der Waals surface area (Å²) in [7, 11) is 0. The van der Waals surface area contributed by atoms with Gasteiger partial charge < -0.3 is 10.6 Å². The Bertz CT molecular complexity index is 453. The molecule has 1 atom stereocenters. The summed E-state index contributed by atoms with van der Waals surface area (Å²) in [6, 6.07) is 1.13. The Morgan fingerprint density at radius 3 is 2.62 bits per heavy atom. The fourth-order valence-corrected chi connectivity index (χ4v) is 2.72. The van der Waals surface area contributed by atoms with E-state index < -0.39 is 11.9 Å². The number of hydrogen-bond acceptors (Lipinski definition) is 3. The molecule has 1 unspecified atom stereocenters. The lowest BCUT2D eigenvalue weighted by molar-refractivity contribution is -0.141. The minimum atomic E-state index is -4.39. The van der Waals surface area contributed by atoms with Crippen LogP contribution in [0.15, 0.2) is 6.07 Å². The molecular formula is C13H22ClF3N4. The Morgan fingerprint density at radius 1 is 1.43 bits per heavy atom. The number of piperidine rings is 1. The van der Waals surface area contributed by atoms with Crippen LogP contribution >= 0.6 is 12.4 Å². The molecule has 1 aliphatic rings. The molecule has 0 aliphatic carbocycles. The Labute approximate surface area is 128 Å². The van der Waals surface area contributed by atoms with Gasteiger partial charge in [0.2, 0.25) is 0 Å². The first-order valence-corrected chi connectivity index (χ1v) is 6.79. The largest absolute Gasteiger partial charge is 0.435 e. The maximum Gasteiger partial charge on any atom is 0.435 e. The normalized spacial score (nSPS) is 21.1. The molecule has 8 heteroatoms. The number of nitrogens with zero attached hydrogens (tertiary/aromatic N) is 2. The first kappa shape index (κ1) is 18.3. The van der Waals surface area contributed by atoms with Crippen LogP contribution in [0.4, 0.5) is 13.2 Å². The van der Waals surface area contributed by atoms with Crippen molar-refractivity contribution in [3.05, 3.63) is 17.5 Å². The summed E-state index contributed by atoms with van der Waals surface area (Å²) in [5, 5.41) is 5.91. The molecule has 2 heterocycles. The number of rotatable bonds is 3. The van der Waals surface area contributed by atoms with Gasteiger partial charge in [-0.3, -0.25) is 5.10 Å². The van der Waals surface area contributed by atoms with Gasteiger partial charge in [0, 0.05) is 30.2 Å². The average molecular weight is 327 g/mol.